The van der Waals surface area contributed by atoms with Crippen molar-refractivity contribution < 1.29 is 4.74 Å². The molecule has 0 unspecified atom stereocenters. The van der Waals surface area contributed by atoms with Gasteiger partial charge in [0.25, 0.3) is 0 Å². The van der Waals surface area contributed by atoms with E-state index < -0.39 is 0 Å². The molecule has 0 spiro atoms. The van der Waals surface area contributed by atoms with Gasteiger partial charge in [-0.25, -0.2) is 0 Å². The van der Waals surface area contributed by atoms with E-state index in [0.29, 0.717) is 35.5 Å². The lowest BCUT2D eigenvalue weighted by molar-refractivity contribution is 0.306. The van der Waals surface area contributed by atoms with Crippen molar-refractivity contribution in [2.75, 3.05) is 0 Å². The van der Waals surface area contributed by atoms with Gasteiger partial charge in [-0.1, -0.05) is 83.3 Å². The normalized spacial score (nSPS) is 10.7. The van der Waals surface area contributed by atoms with E-state index in [9.17, 15) is 0 Å². The summed E-state index contributed by atoms with van der Waals surface area (Å²) in [5.41, 5.74) is 3.10. The highest BCUT2D eigenvalue weighted by molar-refractivity contribution is 6.37. The van der Waals surface area contributed by atoms with Crippen LogP contribution in [-0.4, -0.2) is 0 Å². The molecule has 5 heteroatoms. The van der Waals surface area contributed by atoms with Crippen LogP contribution >= 0.6 is 34.8 Å². The highest BCUT2D eigenvalue weighted by atomic mass is 35.5. The van der Waals surface area contributed by atoms with Gasteiger partial charge in [0, 0.05) is 18.1 Å². The van der Waals surface area contributed by atoms with Gasteiger partial charge in [0.05, 0.1) is 10.0 Å². The standard InChI is InChI=1S/C21H18Cl3NO/c22-18-9-5-4-8-17(18)13-25-12-16-10-19(23)21(20(24)11-16)26-14-15-6-2-1-3-7-15/h1-11,25H,12-14H2. The monoisotopic (exact) mass is 405 g/mol. The van der Waals surface area contributed by atoms with Crippen molar-refractivity contribution in [2.24, 2.45) is 0 Å². The lowest BCUT2D eigenvalue weighted by Gasteiger charge is -2.13. The molecule has 0 saturated carbocycles. The number of hydrogen-bond acceptors (Lipinski definition) is 2. The molecule has 0 saturated heterocycles. The van der Waals surface area contributed by atoms with E-state index in [2.05, 4.69) is 5.32 Å². The third kappa shape index (κ3) is 5.15. The Morgan fingerprint density at radius 1 is 0.692 bits per heavy atom. The van der Waals surface area contributed by atoms with E-state index in [1.165, 1.54) is 0 Å². The fraction of sp³-hybridized carbons (Fsp3) is 0.143. The Morgan fingerprint density at radius 3 is 2.04 bits per heavy atom. The first-order chi connectivity index (χ1) is 12.6. The minimum Gasteiger partial charge on any atom is -0.486 e. The quantitative estimate of drug-likeness (QED) is 0.482. The molecule has 134 valence electrons. The molecule has 26 heavy (non-hydrogen) atoms. The first-order valence-electron chi connectivity index (χ1n) is 8.22. The predicted molar refractivity (Wildman–Crippen MR) is 109 cm³/mol. The zero-order valence-corrected chi connectivity index (χ0v) is 16.3. The Labute approximate surface area is 168 Å². The largest absolute Gasteiger partial charge is 0.486 e. The van der Waals surface area contributed by atoms with Crippen molar-refractivity contribution in [3.05, 3.63) is 98.5 Å². The molecule has 0 heterocycles. The third-order valence-electron chi connectivity index (χ3n) is 3.89. The zero-order chi connectivity index (χ0) is 18.4. The minimum absolute atomic E-state index is 0.421. The second-order valence-corrected chi connectivity index (χ2v) is 7.08. The van der Waals surface area contributed by atoms with Crippen LogP contribution in [0, 0.1) is 0 Å². The summed E-state index contributed by atoms with van der Waals surface area (Å²) in [6.07, 6.45) is 0. The van der Waals surface area contributed by atoms with E-state index >= 15 is 0 Å². The highest BCUT2D eigenvalue weighted by Gasteiger charge is 2.10. The van der Waals surface area contributed by atoms with Gasteiger partial charge < -0.3 is 10.1 Å². The molecule has 0 aliphatic rings. The van der Waals surface area contributed by atoms with Crippen LogP contribution in [-0.2, 0) is 19.7 Å². The molecule has 0 aromatic heterocycles. The number of ether oxygens (including phenoxy) is 1. The van der Waals surface area contributed by atoms with Gasteiger partial charge in [0.2, 0.25) is 0 Å². The van der Waals surface area contributed by atoms with Gasteiger partial charge in [-0.15, -0.1) is 0 Å². The van der Waals surface area contributed by atoms with Gasteiger partial charge in [-0.05, 0) is 34.9 Å². The molecular weight excluding hydrogens is 389 g/mol. The van der Waals surface area contributed by atoms with E-state index in [0.717, 1.165) is 21.7 Å². The fourth-order valence-electron chi connectivity index (χ4n) is 2.57. The maximum Gasteiger partial charge on any atom is 0.156 e. The minimum atomic E-state index is 0.421. The number of rotatable bonds is 7. The number of hydrogen-bond donors (Lipinski definition) is 1. The molecule has 0 amide bonds. The van der Waals surface area contributed by atoms with Gasteiger partial charge >= 0.3 is 0 Å². The van der Waals surface area contributed by atoms with Crippen LogP contribution in [0.25, 0.3) is 0 Å². The Kier molecular flexibility index (Phi) is 6.81. The second-order valence-electron chi connectivity index (χ2n) is 5.86. The second kappa shape index (κ2) is 9.29. The SMILES string of the molecule is Clc1ccccc1CNCc1cc(Cl)c(OCc2ccccc2)c(Cl)c1. The summed E-state index contributed by atoms with van der Waals surface area (Å²) in [6, 6.07) is 21.4. The van der Waals surface area contributed by atoms with Gasteiger partial charge in [0.15, 0.2) is 5.75 Å². The maximum absolute atomic E-state index is 6.36. The lowest BCUT2D eigenvalue weighted by Crippen LogP contribution is -2.13. The topological polar surface area (TPSA) is 21.3 Å². The molecular formula is C21H18Cl3NO. The summed E-state index contributed by atoms with van der Waals surface area (Å²) >= 11 is 18.9. The van der Waals surface area contributed by atoms with E-state index in [1.807, 2.05) is 66.7 Å². The van der Waals surface area contributed by atoms with Crippen LogP contribution in [0.2, 0.25) is 15.1 Å². The summed E-state index contributed by atoms with van der Waals surface area (Å²) in [4.78, 5) is 0. The average molecular weight is 407 g/mol. The van der Waals surface area contributed by atoms with Crippen LogP contribution in [0.4, 0.5) is 0 Å². The molecule has 3 aromatic rings. The number of halogens is 3. The van der Waals surface area contributed by atoms with Crippen LogP contribution in [0.15, 0.2) is 66.7 Å². The molecule has 1 N–H and O–H groups in total. The molecule has 3 rings (SSSR count). The van der Waals surface area contributed by atoms with Gasteiger partial charge in [-0.3, -0.25) is 0 Å². The fourth-order valence-corrected chi connectivity index (χ4v) is 3.41. The smallest absolute Gasteiger partial charge is 0.156 e. The number of benzene rings is 3. The Morgan fingerprint density at radius 2 is 1.35 bits per heavy atom. The van der Waals surface area contributed by atoms with Crippen molar-refractivity contribution in [3.63, 3.8) is 0 Å². The van der Waals surface area contributed by atoms with E-state index in [-0.39, 0.29) is 0 Å². The lowest BCUT2D eigenvalue weighted by atomic mass is 10.2. The molecule has 3 aromatic carbocycles. The molecule has 0 radical (unpaired) electrons. The summed E-state index contributed by atoms with van der Waals surface area (Å²) < 4.78 is 5.80. The Balaban J connectivity index is 1.60. The molecule has 0 aliphatic heterocycles. The van der Waals surface area contributed by atoms with Crippen LogP contribution in [0.5, 0.6) is 5.75 Å². The summed E-state index contributed by atoms with van der Waals surface area (Å²) in [5, 5.41) is 5.10. The summed E-state index contributed by atoms with van der Waals surface area (Å²) in [6.45, 7) is 1.72. The number of nitrogens with one attached hydrogen (secondary N) is 1. The van der Waals surface area contributed by atoms with Gasteiger partial charge in [-0.2, -0.15) is 0 Å². The van der Waals surface area contributed by atoms with E-state index in [4.69, 9.17) is 39.5 Å². The maximum atomic E-state index is 6.36. The van der Waals surface area contributed by atoms with Crippen molar-refractivity contribution in [3.8, 4) is 5.75 Å². The molecule has 0 fully saturated rings. The Bertz CT molecular complexity index is 845. The molecule has 0 atom stereocenters. The molecule has 0 aliphatic carbocycles. The van der Waals surface area contributed by atoms with Crippen molar-refractivity contribution in [1.82, 2.24) is 5.32 Å². The van der Waals surface area contributed by atoms with Gasteiger partial charge in [0.1, 0.15) is 6.61 Å². The predicted octanol–water partition coefficient (Wildman–Crippen LogP) is 6.52. The van der Waals surface area contributed by atoms with E-state index in [1.54, 1.807) is 0 Å². The molecule has 0 bridgehead atoms. The molecule has 2 nitrogen and oxygen atoms in total. The summed E-state index contributed by atoms with van der Waals surface area (Å²) in [7, 11) is 0. The first-order valence-corrected chi connectivity index (χ1v) is 9.35. The average Bonchev–Trinajstić information content (AvgIpc) is 2.63. The Hall–Kier alpha value is -1.71. The summed E-state index contributed by atoms with van der Waals surface area (Å²) in [5.74, 6) is 0.507. The third-order valence-corrected chi connectivity index (χ3v) is 4.82. The van der Waals surface area contributed by atoms with Crippen molar-refractivity contribution in [1.29, 1.82) is 0 Å². The zero-order valence-electron chi connectivity index (χ0n) is 14.0. The van der Waals surface area contributed by atoms with Crippen molar-refractivity contribution >= 4 is 34.8 Å². The van der Waals surface area contributed by atoms with Crippen LogP contribution < -0.4 is 10.1 Å². The van der Waals surface area contributed by atoms with Crippen LogP contribution in [0.3, 0.4) is 0 Å². The van der Waals surface area contributed by atoms with Crippen LogP contribution in [0.1, 0.15) is 16.7 Å². The first kappa shape index (κ1) is 19.1. The highest BCUT2D eigenvalue weighted by Crippen LogP contribution is 2.34. The van der Waals surface area contributed by atoms with Crippen molar-refractivity contribution in [2.45, 2.75) is 19.7 Å².